The van der Waals surface area contributed by atoms with Gasteiger partial charge in [0.05, 0.1) is 0 Å². The summed E-state index contributed by atoms with van der Waals surface area (Å²) in [6, 6.07) is 0. The average molecular weight is 136 g/mol. The third-order valence-electron chi connectivity index (χ3n) is 0. The van der Waals surface area contributed by atoms with Crippen molar-refractivity contribution in [2.24, 2.45) is 0 Å². The van der Waals surface area contributed by atoms with Gasteiger partial charge in [-0.3, -0.25) is 4.21 Å². The molecule has 0 aliphatic heterocycles. The predicted molar refractivity (Wildman–Crippen MR) is 10.8 cm³/mol. The van der Waals surface area contributed by atoms with Gasteiger partial charge in [-0.2, -0.15) is 0 Å². The van der Waals surface area contributed by atoms with E-state index in [0.717, 1.165) is 0 Å². The Bertz CT molecular complexity index is 33.8. The molecule has 0 saturated carbocycles. The van der Waals surface area contributed by atoms with E-state index in [1.54, 1.807) is 0 Å². The van der Waals surface area contributed by atoms with Crippen LogP contribution in [0.1, 0.15) is 1.43 Å². The largest absolute Gasteiger partial charge is 2.00 e. The third-order valence-corrected chi connectivity index (χ3v) is 0. The van der Waals surface area contributed by atoms with Crippen LogP contribution in [0.5, 0.6) is 0 Å². The molecule has 0 aromatic rings. The molecule has 0 aliphatic rings. The van der Waals surface area contributed by atoms with Gasteiger partial charge in [-0.25, -0.2) is 0 Å². The summed E-state index contributed by atoms with van der Waals surface area (Å²) in [7, 11) is 0. The van der Waals surface area contributed by atoms with Crippen LogP contribution in [0.25, 0.3) is 0 Å². The summed E-state index contributed by atoms with van der Waals surface area (Å²) >= 11 is -3.11. The maximum Gasteiger partial charge on any atom is 2.00 e. The minimum atomic E-state index is -3.11. The van der Waals surface area contributed by atoms with Gasteiger partial charge in [0.25, 0.3) is 0 Å². The molecular formula is HMnO3S+. The minimum Gasteiger partial charge on any atom is -0.784 e. The van der Waals surface area contributed by atoms with E-state index in [4.69, 9.17) is 13.3 Å². The van der Waals surface area contributed by atoms with Crippen LogP contribution in [0.3, 0.4) is 0 Å². The number of rotatable bonds is 0. The second-order valence-electron chi connectivity index (χ2n) is 0.204. The average Bonchev–Trinajstić information content (AvgIpc) is 0.811. The summed E-state index contributed by atoms with van der Waals surface area (Å²) in [5, 5.41) is 0. The first-order chi connectivity index (χ1) is 1.73. The first-order valence-electron chi connectivity index (χ1n) is 0.500. The van der Waals surface area contributed by atoms with E-state index in [2.05, 4.69) is 0 Å². The van der Waals surface area contributed by atoms with Crippen LogP contribution in [0.2, 0.25) is 0 Å². The summed E-state index contributed by atoms with van der Waals surface area (Å²) in [5.74, 6) is 0. The van der Waals surface area contributed by atoms with E-state index in [-0.39, 0.29) is 18.5 Å². The summed E-state index contributed by atoms with van der Waals surface area (Å²) in [6.45, 7) is 0. The van der Waals surface area contributed by atoms with Crippen LogP contribution >= 0.6 is 0 Å². The van der Waals surface area contributed by atoms with Crippen molar-refractivity contribution in [2.45, 2.75) is 0 Å². The zero-order valence-corrected chi connectivity index (χ0v) is 4.01. The molecule has 0 bridgehead atoms. The molecule has 1 radical (unpaired) electrons. The Hall–Kier alpha value is 0.589. The van der Waals surface area contributed by atoms with Crippen molar-refractivity contribution in [1.29, 1.82) is 0 Å². The second kappa shape index (κ2) is 4.59. The fraction of sp³-hybridized carbons (Fsp3) is 0. The van der Waals surface area contributed by atoms with E-state index in [1.807, 2.05) is 0 Å². The van der Waals surface area contributed by atoms with E-state index in [0.29, 0.717) is 0 Å². The van der Waals surface area contributed by atoms with Crippen LogP contribution in [-0.2, 0) is 28.4 Å². The summed E-state index contributed by atoms with van der Waals surface area (Å²) in [6.07, 6.45) is 0. The molecule has 0 fully saturated rings. The van der Waals surface area contributed by atoms with Crippen molar-refractivity contribution < 1.29 is 31.8 Å². The Morgan fingerprint density at radius 1 is 1.60 bits per heavy atom. The van der Waals surface area contributed by atoms with Crippen molar-refractivity contribution in [3.05, 3.63) is 0 Å². The smallest absolute Gasteiger partial charge is 0.784 e. The molecule has 0 heterocycles. The SMILES string of the molecule is O=S([O-])[O-].[H+].[Mn+2]. The molecule has 3 nitrogen and oxygen atoms in total. The minimum absolute atomic E-state index is 0. The van der Waals surface area contributed by atoms with Crippen LogP contribution in [0, 0.1) is 0 Å². The third kappa shape index (κ3) is 88.6. The molecule has 0 amide bonds. The van der Waals surface area contributed by atoms with Gasteiger partial charge in [-0.15, -0.1) is 11.4 Å². The molecule has 5 heavy (non-hydrogen) atoms. The van der Waals surface area contributed by atoms with E-state index in [1.165, 1.54) is 0 Å². The van der Waals surface area contributed by atoms with E-state index >= 15 is 0 Å². The first-order valence-corrected chi connectivity index (χ1v) is 1.50. The maximum atomic E-state index is 8.44. The standard InChI is InChI=1S/Mn.H2O3S/c;1-4(2)3/h;(H2,1,2,3)/q+2;/p-1. The van der Waals surface area contributed by atoms with Gasteiger partial charge < -0.3 is 9.11 Å². The fourth-order valence-electron chi connectivity index (χ4n) is 0. The van der Waals surface area contributed by atoms with Crippen molar-refractivity contribution in [3.8, 4) is 0 Å². The molecule has 0 aromatic carbocycles. The normalized spacial score (nSPS) is 7.00. The topological polar surface area (TPSA) is 63.2 Å². The van der Waals surface area contributed by atoms with Crippen molar-refractivity contribution in [3.63, 3.8) is 0 Å². The van der Waals surface area contributed by atoms with Crippen molar-refractivity contribution >= 4 is 11.4 Å². The molecule has 0 atom stereocenters. The molecule has 0 saturated heterocycles. The van der Waals surface area contributed by atoms with E-state index in [9.17, 15) is 0 Å². The van der Waals surface area contributed by atoms with Gasteiger partial charge in [0.1, 0.15) is 0 Å². The summed E-state index contributed by atoms with van der Waals surface area (Å²) in [4.78, 5) is 0. The zero-order chi connectivity index (χ0) is 3.58. The van der Waals surface area contributed by atoms with Gasteiger partial charge >= 0.3 is 18.5 Å². The summed E-state index contributed by atoms with van der Waals surface area (Å²) in [5.41, 5.74) is 0. The summed E-state index contributed by atoms with van der Waals surface area (Å²) < 4.78 is 25.3. The molecule has 0 unspecified atom stereocenters. The number of hydrogen-bond acceptors (Lipinski definition) is 3. The Labute approximate surface area is 43.8 Å². The first kappa shape index (κ1) is 9.14. The van der Waals surface area contributed by atoms with Crippen LogP contribution in [0.15, 0.2) is 0 Å². The van der Waals surface area contributed by atoms with Crippen LogP contribution < -0.4 is 0 Å². The molecule has 5 heteroatoms. The predicted octanol–water partition coefficient (Wildman–Crippen LogP) is -0.894. The zero-order valence-electron chi connectivity index (χ0n) is 3.01. The van der Waals surface area contributed by atoms with Gasteiger partial charge in [-0.1, -0.05) is 0 Å². The van der Waals surface area contributed by atoms with E-state index < -0.39 is 11.4 Å². The Balaban J connectivity index is -0.0000000450. The molecular weight excluding hydrogens is 135 g/mol. The van der Waals surface area contributed by atoms with Gasteiger partial charge in [-0.05, 0) is 0 Å². The van der Waals surface area contributed by atoms with Gasteiger partial charge in [0.15, 0.2) is 0 Å². The van der Waals surface area contributed by atoms with Crippen LogP contribution in [-0.4, -0.2) is 13.3 Å². The maximum absolute atomic E-state index is 8.44. The van der Waals surface area contributed by atoms with Crippen LogP contribution in [0.4, 0.5) is 0 Å². The second-order valence-corrected chi connectivity index (χ2v) is 0.612. The molecule has 0 rings (SSSR count). The Morgan fingerprint density at radius 2 is 1.60 bits per heavy atom. The van der Waals surface area contributed by atoms with Gasteiger partial charge in [0.2, 0.25) is 0 Å². The fourth-order valence-corrected chi connectivity index (χ4v) is 0. The Morgan fingerprint density at radius 3 is 1.60 bits per heavy atom. The monoisotopic (exact) mass is 136 g/mol. The molecule has 0 spiro atoms. The number of hydrogen-bond donors (Lipinski definition) is 0. The Kier molecular flexibility index (Phi) is 8.39. The van der Waals surface area contributed by atoms with Crippen molar-refractivity contribution in [1.82, 2.24) is 0 Å². The molecule has 0 aliphatic carbocycles. The molecule has 31 valence electrons. The molecule has 0 aromatic heterocycles. The molecule has 0 N–H and O–H groups in total. The van der Waals surface area contributed by atoms with Gasteiger partial charge in [0, 0.05) is 0 Å². The quantitative estimate of drug-likeness (QED) is 0.320. The van der Waals surface area contributed by atoms with Crippen molar-refractivity contribution in [2.75, 3.05) is 0 Å².